The van der Waals surface area contributed by atoms with E-state index in [1.165, 1.54) is 4.90 Å². The van der Waals surface area contributed by atoms with Crippen LogP contribution in [-0.2, 0) is 4.79 Å². The molecular weight excluding hydrogens is 280 g/mol. The number of carbonyl (C=O) groups excluding carboxylic acids is 1. The summed E-state index contributed by atoms with van der Waals surface area (Å²) in [5.41, 5.74) is 5.68. The predicted molar refractivity (Wildman–Crippen MR) is 89.0 cm³/mol. The molecule has 0 aromatic heterocycles. The van der Waals surface area contributed by atoms with Crippen LogP contribution in [0.2, 0.25) is 0 Å². The van der Waals surface area contributed by atoms with Gasteiger partial charge in [-0.2, -0.15) is 5.10 Å². The van der Waals surface area contributed by atoms with Crippen molar-refractivity contribution in [1.29, 1.82) is 0 Å². The summed E-state index contributed by atoms with van der Waals surface area (Å²) in [4.78, 5) is 12.4. The van der Waals surface area contributed by atoms with Gasteiger partial charge in [0.25, 0.3) is 0 Å². The minimum Gasteiger partial charge on any atom is -0.273 e. The van der Waals surface area contributed by atoms with Crippen LogP contribution in [0.3, 0.4) is 0 Å². The van der Waals surface area contributed by atoms with Gasteiger partial charge in [0.2, 0.25) is 5.91 Å². The molecule has 4 heteroatoms. The molecule has 1 aromatic rings. The standard InChI is InChI=1S/C17H18N2OS/c1-4-9-21-15-7-5-14(6-8-15)10-12(2)17-13(3)11-16(20)18-19-17/h1,5-8,10,13H,9,11H2,2-3H3,(H,18,20). The number of nitrogens with zero attached hydrogens (tertiary/aromatic N) is 1. The van der Waals surface area contributed by atoms with Gasteiger partial charge in [-0.1, -0.05) is 31.1 Å². The van der Waals surface area contributed by atoms with Crippen molar-refractivity contribution < 1.29 is 4.79 Å². The number of nitrogens with one attached hydrogen (secondary N) is 1. The zero-order chi connectivity index (χ0) is 15.2. The first-order chi connectivity index (χ1) is 10.1. The molecule has 3 nitrogen and oxygen atoms in total. The van der Waals surface area contributed by atoms with Gasteiger partial charge in [0.15, 0.2) is 0 Å². The Morgan fingerprint density at radius 1 is 1.52 bits per heavy atom. The summed E-state index contributed by atoms with van der Waals surface area (Å²) in [6, 6.07) is 8.26. The van der Waals surface area contributed by atoms with Crippen molar-refractivity contribution in [3.8, 4) is 12.3 Å². The molecular formula is C17H18N2OS. The van der Waals surface area contributed by atoms with Gasteiger partial charge in [0.05, 0.1) is 11.5 Å². The molecule has 1 unspecified atom stereocenters. The molecule has 1 aliphatic heterocycles. The fourth-order valence-corrected chi connectivity index (χ4v) is 2.82. The molecule has 0 saturated heterocycles. The van der Waals surface area contributed by atoms with Crippen LogP contribution < -0.4 is 5.43 Å². The smallest absolute Gasteiger partial charge is 0.240 e. The quantitative estimate of drug-likeness (QED) is 0.684. The molecule has 0 aliphatic carbocycles. The van der Waals surface area contributed by atoms with Crippen LogP contribution in [0, 0.1) is 18.3 Å². The highest BCUT2D eigenvalue weighted by molar-refractivity contribution is 7.99. The summed E-state index contributed by atoms with van der Waals surface area (Å²) < 4.78 is 0. The van der Waals surface area contributed by atoms with Gasteiger partial charge in [-0.05, 0) is 30.2 Å². The third kappa shape index (κ3) is 4.24. The van der Waals surface area contributed by atoms with E-state index < -0.39 is 0 Å². The molecule has 0 fully saturated rings. The summed E-state index contributed by atoms with van der Waals surface area (Å²) in [6.07, 6.45) is 7.83. The van der Waals surface area contributed by atoms with Crippen LogP contribution in [-0.4, -0.2) is 17.4 Å². The lowest BCUT2D eigenvalue weighted by Gasteiger charge is -2.19. The number of hydrazone groups is 1. The molecule has 0 saturated carbocycles. The van der Waals surface area contributed by atoms with Crippen molar-refractivity contribution >= 4 is 29.5 Å². The van der Waals surface area contributed by atoms with E-state index in [9.17, 15) is 4.79 Å². The molecule has 1 amide bonds. The Bertz CT molecular complexity index is 623. The Morgan fingerprint density at radius 2 is 2.24 bits per heavy atom. The molecule has 1 aliphatic rings. The number of allylic oxidation sites excluding steroid dienone is 1. The second kappa shape index (κ2) is 7.14. The Labute approximate surface area is 129 Å². The second-order valence-corrected chi connectivity index (χ2v) is 6.08. The Kier molecular flexibility index (Phi) is 5.24. The predicted octanol–water partition coefficient (Wildman–Crippen LogP) is 3.33. The maximum absolute atomic E-state index is 11.3. The molecule has 1 heterocycles. The number of amides is 1. The SMILES string of the molecule is C#CCSc1ccc(C=C(C)C2=NNC(=O)CC2C)cc1. The third-order valence-electron chi connectivity index (χ3n) is 3.25. The van der Waals surface area contributed by atoms with E-state index in [-0.39, 0.29) is 11.8 Å². The average molecular weight is 298 g/mol. The first-order valence-corrected chi connectivity index (χ1v) is 7.80. The van der Waals surface area contributed by atoms with Gasteiger partial charge in [0, 0.05) is 17.2 Å². The van der Waals surface area contributed by atoms with E-state index in [2.05, 4.69) is 46.8 Å². The minimum atomic E-state index is -0.0195. The monoisotopic (exact) mass is 298 g/mol. The van der Waals surface area contributed by atoms with Crippen LogP contribution in [0.4, 0.5) is 0 Å². The van der Waals surface area contributed by atoms with Gasteiger partial charge in [-0.25, -0.2) is 5.43 Å². The normalized spacial score (nSPS) is 18.7. The van der Waals surface area contributed by atoms with Crippen LogP contribution >= 0.6 is 11.8 Å². The highest BCUT2D eigenvalue weighted by Gasteiger charge is 2.21. The average Bonchev–Trinajstić information content (AvgIpc) is 2.46. The minimum absolute atomic E-state index is 0.0195. The fourth-order valence-electron chi connectivity index (χ4n) is 2.24. The van der Waals surface area contributed by atoms with Gasteiger partial charge in [-0.15, -0.1) is 18.2 Å². The van der Waals surface area contributed by atoms with Crippen molar-refractivity contribution in [2.45, 2.75) is 25.2 Å². The number of hydrogen-bond donors (Lipinski definition) is 1. The number of terminal acetylenes is 1. The summed E-state index contributed by atoms with van der Waals surface area (Å²) in [6.45, 7) is 4.04. The lowest BCUT2D eigenvalue weighted by Crippen LogP contribution is -2.31. The van der Waals surface area contributed by atoms with Crippen molar-refractivity contribution in [2.24, 2.45) is 11.0 Å². The zero-order valence-electron chi connectivity index (χ0n) is 12.2. The second-order valence-electron chi connectivity index (χ2n) is 5.03. The number of hydrogen-bond acceptors (Lipinski definition) is 3. The first-order valence-electron chi connectivity index (χ1n) is 6.81. The lowest BCUT2D eigenvalue weighted by molar-refractivity contribution is -0.121. The van der Waals surface area contributed by atoms with E-state index in [0.29, 0.717) is 12.2 Å². The molecule has 1 N–H and O–H groups in total. The van der Waals surface area contributed by atoms with Gasteiger partial charge in [0.1, 0.15) is 0 Å². The van der Waals surface area contributed by atoms with E-state index in [1.54, 1.807) is 11.8 Å². The highest BCUT2D eigenvalue weighted by Crippen LogP contribution is 2.21. The van der Waals surface area contributed by atoms with Crippen LogP contribution in [0.5, 0.6) is 0 Å². The Hall–Kier alpha value is -1.99. The number of thioether (sulfide) groups is 1. The van der Waals surface area contributed by atoms with E-state index in [1.807, 2.05) is 13.8 Å². The van der Waals surface area contributed by atoms with Crippen molar-refractivity contribution in [3.63, 3.8) is 0 Å². The maximum atomic E-state index is 11.3. The molecule has 0 bridgehead atoms. The van der Waals surface area contributed by atoms with Crippen molar-refractivity contribution in [2.75, 3.05) is 5.75 Å². The van der Waals surface area contributed by atoms with Crippen LogP contribution in [0.15, 0.2) is 39.8 Å². The summed E-state index contributed by atoms with van der Waals surface area (Å²) in [5.74, 6) is 3.43. The zero-order valence-corrected chi connectivity index (χ0v) is 13.0. The van der Waals surface area contributed by atoms with Crippen LogP contribution in [0.1, 0.15) is 25.8 Å². The molecule has 1 aromatic carbocycles. The molecule has 1 atom stereocenters. The van der Waals surface area contributed by atoms with Gasteiger partial charge in [-0.3, -0.25) is 4.79 Å². The number of rotatable bonds is 4. The summed E-state index contributed by atoms with van der Waals surface area (Å²) >= 11 is 1.65. The highest BCUT2D eigenvalue weighted by atomic mass is 32.2. The van der Waals surface area contributed by atoms with Gasteiger partial charge >= 0.3 is 0 Å². The number of carbonyl (C=O) groups is 1. The molecule has 21 heavy (non-hydrogen) atoms. The maximum Gasteiger partial charge on any atom is 0.240 e. The number of benzene rings is 1. The molecule has 2 rings (SSSR count). The third-order valence-corrected chi connectivity index (χ3v) is 4.17. The van der Waals surface area contributed by atoms with Crippen molar-refractivity contribution in [1.82, 2.24) is 5.43 Å². The molecule has 0 spiro atoms. The van der Waals surface area contributed by atoms with E-state index in [4.69, 9.17) is 6.42 Å². The molecule has 0 radical (unpaired) electrons. The summed E-state index contributed by atoms with van der Waals surface area (Å²) in [5, 5.41) is 4.17. The van der Waals surface area contributed by atoms with Crippen molar-refractivity contribution in [3.05, 3.63) is 35.4 Å². The fraction of sp³-hybridized carbons (Fsp3) is 0.294. The lowest BCUT2D eigenvalue weighted by atomic mass is 9.94. The largest absolute Gasteiger partial charge is 0.273 e. The van der Waals surface area contributed by atoms with Gasteiger partial charge < -0.3 is 0 Å². The summed E-state index contributed by atoms with van der Waals surface area (Å²) in [7, 11) is 0. The van der Waals surface area contributed by atoms with E-state index in [0.717, 1.165) is 16.8 Å². The Balaban J connectivity index is 2.12. The first kappa shape index (κ1) is 15.4. The topological polar surface area (TPSA) is 41.5 Å². The molecule has 108 valence electrons. The Morgan fingerprint density at radius 3 is 2.86 bits per heavy atom. The van der Waals surface area contributed by atoms with E-state index >= 15 is 0 Å². The van der Waals surface area contributed by atoms with Crippen LogP contribution in [0.25, 0.3) is 6.08 Å².